The lowest BCUT2D eigenvalue weighted by Gasteiger charge is -2.03. The highest BCUT2D eigenvalue weighted by atomic mass is 16.5. The molecule has 0 saturated heterocycles. The van der Waals surface area contributed by atoms with Crippen molar-refractivity contribution in [2.45, 2.75) is 19.3 Å². The average Bonchev–Trinajstić information content (AvgIpc) is 2.87. The maximum absolute atomic E-state index is 10.6. The van der Waals surface area contributed by atoms with Crippen molar-refractivity contribution in [2.75, 3.05) is 7.11 Å². The summed E-state index contributed by atoms with van der Waals surface area (Å²) in [5, 5.41) is 7.92. The molecule has 6 heteroatoms. The fraction of sp³-hybridized carbons (Fsp3) is 0.308. The van der Waals surface area contributed by atoms with Crippen LogP contribution in [-0.2, 0) is 11.2 Å². The zero-order valence-electron chi connectivity index (χ0n) is 10.6. The lowest BCUT2D eigenvalue weighted by molar-refractivity contribution is -0.118. The first kappa shape index (κ1) is 13.1. The van der Waals surface area contributed by atoms with Crippen LogP contribution in [0.15, 0.2) is 28.7 Å². The van der Waals surface area contributed by atoms with Crippen LogP contribution in [0.3, 0.4) is 0 Å². The van der Waals surface area contributed by atoms with E-state index in [1.54, 1.807) is 7.11 Å². The molecular formula is C13H15N3O3. The van der Waals surface area contributed by atoms with Gasteiger partial charge in [0.1, 0.15) is 5.75 Å². The second-order valence-corrected chi connectivity index (χ2v) is 4.02. The largest absolute Gasteiger partial charge is 0.496 e. The summed E-state index contributed by atoms with van der Waals surface area (Å²) in [5.74, 6) is 1.24. The number of amides is 1. The van der Waals surface area contributed by atoms with E-state index in [2.05, 4.69) is 10.2 Å². The molecule has 2 rings (SSSR count). The van der Waals surface area contributed by atoms with Gasteiger partial charge >= 0.3 is 0 Å². The third kappa shape index (κ3) is 3.31. The van der Waals surface area contributed by atoms with Crippen LogP contribution in [0, 0.1) is 0 Å². The molecule has 0 aliphatic carbocycles. The number of ether oxygens (including phenoxy) is 1. The number of carbonyl (C=O) groups excluding carboxylic acids is 1. The minimum Gasteiger partial charge on any atom is -0.496 e. The van der Waals surface area contributed by atoms with E-state index in [0.717, 1.165) is 5.56 Å². The molecule has 0 aliphatic rings. The van der Waals surface area contributed by atoms with Gasteiger partial charge in [-0.1, -0.05) is 12.1 Å². The van der Waals surface area contributed by atoms with E-state index in [0.29, 0.717) is 36.8 Å². The topological polar surface area (TPSA) is 91.2 Å². The van der Waals surface area contributed by atoms with Crippen LogP contribution in [0.5, 0.6) is 5.75 Å². The molecule has 2 N–H and O–H groups in total. The van der Waals surface area contributed by atoms with Gasteiger partial charge in [0, 0.05) is 12.8 Å². The van der Waals surface area contributed by atoms with Gasteiger partial charge in [0.05, 0.1) is 12.7 Å². The Kier molecular flexibility index (Phi) is 4.12. The first-order valence-electron chi connectivity index (χ1n) is 5.95. The highest BCUT2D eigenvalue weighted by Crippen LogP contribution is 2.28. The van der Waals surface area contributed by atoms with Crippen molar-refractivity contribution < 1.29 is 13.9 Å². The molecule has 100 valence electrons. The summed E-state index contributed by atoms with van der Waals surface area (Å²) in [7, 11) is 1.59. The summed E-state index contributed by atoms with van der Waals surface area (Å²) in [6.45, 7) is 0. The number of methoxy groups -OCH3 is 1. The Morgan fingerprint density at radius 2 is 2.16 bits per heavy atom. The third-order valence-corrected chi connectivity index (χ3v) is 2.62. The van der Waals surface area contributed by atoms with Crippen LogP contribution < -0.4 is 10.5 Å². The number of hydrogen-bond acceptors (Lipinski definition) is 5. The van der Waals surface area contributed by atoms with E-state index in [1.807, 2.05) is 24.3 Å². The van der Waals surface area contributed by atoms with Crippen LogP contribution in [0.1, 0.15) is 18.7 Å². The Labute approximate surface area is 110 Å². The van der Waals surface area contributed by atoms with Crippen LogP contribution in [0.4, 0.5) is 0 Å². The van der Waals surface area contributed by atoms with Gasteiger partial charge in [-0.25, -0.2) is 0 Å². The SMILES string of the molecule is COc1ccccc1-c1nnc(CCCC(N)=O)o1. The van der Waals surface area contributed by atoms with Gasteiger partial charge in [-0.05, 0) is 18.6 Å². The molecule has 0 unspecified atom stereocenters. The number of benzene rings is 1. The first-order valence-corrected chi connectivity index (χ1v) is 5.95. The van der Waals surface area contributed by atoms with E-state index in [4.69, 9.17) is 14.9 Å². The molecule has 1 amide bonds. The van der Waals surface area contributed by atoms with Gasteiger partial charge in [-0.3, -0.25) is 4.79 Å². The summed E-state index contributed by atoms with van der Waals surface area (Å²) < 4.78 is 10.8. The van der Waals surface area contributed by atoms with Crippen LogP contribution in [0.2, 0.25) is 0 Å². The van der Waals surface area contributed by atoms with Gasteiger partial charge in [0.2, 0.25) is 11.8 Å². The predicted molar refractivity (Wildman–Crippen MR) is 68.4 cm³/mol. The van der Waals surface area contributed by atoms with Crippen molar-refractivity contribution in [1.82, 2.24) is 10.2 Å². The highest BCUT2D eigenvalue weighted by molar-refractivity contribution is 5.73. The van der Waals surface area contributed by atoms with Crippen LogP contribution in [-0.4, -0.2) is 23.2 Å². The molecule has 6 nitrogen and oxygen atoms in total. The fourth-order valence-corrected chi connectivity index (χ4v) is 1.70. The van der Waals surface area contributed by atoms with Gasteiger partial charge in [0.25, 0.3) is 5.89 Å². The quantitative estimate of drug-likeness (QED) is 0.851. The first-order chi connectivity index (χ1) is 9.20. The molecule has 0 fully saturated rings. The van der Waals surface area contributed by atoms with E-state index in [-0.39, 0.29) is 5.91 Å². The van der Waals surface area contributed by atoms with E-state index in [9.17, 15) is 4.79 Å². The molecule has 1 aromatic carbocycles. The van der Waals surface area contributed by atoms with Gasteiger partial charge in [-0.15, -0.1) is 10.2 Å². The maximum Gasteiger partial charge on any atom is 0.251 e. The summed E-state index contributed by atoms with van der Waals surface area (Å²) in [6, 6.07) is 7.41. The minimum atomic E-state index is -0.329. The molecule has 0 atom stereocenters. The van der Waals surface area contributed by atoms with Gasteiger partial charge < -0.3 is 14.9 Å². The highest BCUT2D eigenvalue weighted by Gasteiger charge is 2.12. The number of nitrogens with zero attached hydrogens (tertiary/aromatic N) is 2. The smallest absolute Gasteiger partial charge is 0.251 e. The molecule has 0 aliphatic heterocycles. The number of para-hydroxylation sites is 1. The molecular weight excluding hydrogens is 246 g/mol. The van der Waals surface area contributed by atoms with Crippen molar-refractivity contribution in [1.29, 1.82) is 0 Å². The number of rotatable bonds is 6. The summed E-state index contributed by atoms with van der Waals surface area (Å²) in [4.78, 5) is 10.6. The molecule has 19 heavy (non-hydrogen) atoms. The van der Waals surface area contributed by atoms with Crippen molar-refractivity contribution in [3.63, 3.8) is 0 Å². The zero-order chi connectivity index (χ0) is 13.7. The van der Waals surface area contributed by atoms with Crippen LogP contribution >= 0.6 is 0 Å². The lowest BCUT2D eigenvalue weighted by Crippen LogP contribution is -2.10. The molecule has 2 aromatic rings. The summed E-state index contributed by atoms with van der Waals surface area (Å²) in [6.07, 6.45) is 1.44. The Morgan fingerprint density at radius 1 is 1.37 bits per heavy atom. The van der Waals surface area contributed by atoms with E-state index < -0.39 is 0 Å². The second-order valence-electron chi connectivity index (χ2n) is 4.02. The molecule has 1 aromatic heterocycles. The predicted octanol–water partition coefficient (Wildman–Crippen LogP) is 1.55. The minimum absolute atomic E-state index is 0.312. The van der Waals surface area contributed by atoms with Crippen molar-refractivity contribution in [3.05, 3.63) is 30.2 Å². The normalized spacial score (nSPS) is 10.4. The Balaban J connectivity index is 2.10. The summed E-state index contributed by atoms with van der Waals surface area (Å²) >= 11 is 0. The summed E-state index contributed by atoms with van der Waals surface area (Å²) in [5.41, 5.74) is 5.82. The molecule has 0 bridgehead atoms. The second kappa shape index (κ2) is 5.99. The van der Waals surface area contributed by atoms with E-state index >= 15 is 0 Å². The third-order valence-electron chi connectivity index (χ3n) is 2.62. The molecule has 1 heterocycles. The van der Waals surface area contributed by atoms with E-state index in [1.165, 1.54) is 0 Å². The number of carbonyl (C=O) groups is 1. The van der Waals surface area contributed by atoms with Crippen LogP contribution in [0.25, 0.3) is 11.5 Å². The van der Waals surface area contributed by atoms with Gasteiger partial charge in [-0.2, -0.15) is 0 Å². The number of primary amides is 1. The monoisotopic (exact) mass is 261 g/mol. The molecule has 0 spiro atoms. The number of nitrogens with two attached hydrogens (primary N) is 1. The Morgan fingerprint density at radius 3 is 2.89 bits per heavy atom. The molecule has 0 radical (unpaired) electrons. The Hall–Kier alpha value is -2.37. The zero-order valence-corrected chi connectivity index (χ0v) is 10.6. The lowest BCUT2D eigenvalue weighted by atomic mass is 10.2. The van der Waals surface area contributed by atoms with Crippen molar-refractivity contribution in [3.8, 4) is 17.2 Å². The fourth-order valence-electron chi connectivity index (χ4n) is 1.70. The molecule has 0 saturated carbocycles. The maximum atomic E-state index is 10.6. The number of hydrogen-bond donors (Lipinski definition) is 1. The van der Waals surface area contributed by atoms with Crippen molar-refractivity contribution >= 4 is 5.91 Å². The van der Waals surface area contributed by atoms with Crippen molar-refractivity contribution in [2.24, 2.45) is 5.73 Å². The average molecular weight is 261 g/mol. The van der Waals surface area contributed by atoms with Gasteiger partial charge in [0.15, 0.2) is 0 Å². The number of aryl methyl sites for hydroxylation is 1. The standard InChI is InChI=1S/C13H15N3O3/c1-18-10-6-3-2-5-9(10)13-16-15-12(19-13)8-4-7-11(14)17/h2-3,5-6H,4,7-8H2,1H3,(H2,14,17). The Bertz CT molecular complexity index is 566. The number of aromatic nitrogens is 2.